The topological polar surface area (TPSA) is 98.9 Å². The lowest BCUT2D eigenvalue weighted by atomic mass is 10.7. The van der Waals surface area contributed by atoms with Gasteiger partial charge in [-0.25, -0.2) is 0 Å². The maximum Gasteiger partial charge on any atom is 0.365 e. The molecule has 0 heterocycles. The van der Waals surface area contributed by atoms with E-state index in [9.17, 15) is 14.7 Å². The Morgan fingerprint density at radius 2 is 2.00 bits per heavy atom. The number of nitro groups is 1. The molecule has 7 nitrogen and oxygen atoms in total. The van der Waals surface area contributed by atoms with Gasteiger partial charge in [0.1, 0.15) is 0 Å². The fourth-order valence-corrected chi connectivity index (χ4v) is 1.52. The second kappa shape index (κ2) is 4.51. The molecule has 0 aromatic carbocycles. The second-order valence-electron chi connectivity index (χ2n) is 1.90. The van der Waals surface area contributed by atoms with Crippen molar-refractivity contribution in [1.82, 2.24) is 0 Å². The van der Waals surface area contributed by atoms with Crippen LogP contribution in [0.15, 0.2) is 0 Å². The Balaban J connectivity index is 4.32. The van der Waals surface area contributed by atoms with Gasteiger partial charge in [0.25, 0.3) is 0 Å². The van der Waals surface area contributed by atoms with E-state index in [2.05, 4.69) is 9.05 Å². The first kappa shape index (κ1) is 11.5. The predicted molar refractivity (Wildman–Crippen MR) is 39.5 cm³/mol. The van der Waals surface area contributed by atoms with E-state index in [1.807, 2.05) is 0 Å². The highest BCUT2D eigenvalue weighted by atomic mass is 31.2. The maximum atomic E-state index is 11.2. The van der Waals surface area contributed by atoms with Crippen molar-refractivity contribution >= 4 is 7.60 Å². The van der Waals surface area contributed by atoms with E-state index in [0.717, 1.165) is 14.2 Å². The molecule has 72 valence electrons. The van der Waals surface area contributed by atoms with Crippen LogP contribution in [0, 0.1) is 10.1 Å². The van der Waals surface area contributed by atoms with Crippen molar-refractivity contribution in [3.05, 3.63) is 10.1 Å². The lowest BCUT2D eigenvalue weighted by Crippen LogP contribution is -2.20. The zero-order valence-electron chi connectivity index (χ0n) is 6.67. The van der Waals surface area contributed by atoms with Gasteiger partial charge >= 0.3 is 7.60 Å². The van der Waals surface area contributed by atoms with Crippen LogP contribution in [0.1, 0.15) is 0 Å². The van der Waals surface area contributed by atoms with Crippen LogP contribution in [-0.4, -0.2) is 36.6 Å². The van der Waals surface area contributed by atoms with Crippen LogP contribution < -0.4 is 0 Å². The largest absolute Gasteiger partial charge is 0.375 e. The van der Waals surface area contributed by atoms with Gasteiger partial charge in [0.15, 0.2) is 0 Å². The Hall–Kier alpha value is -0.490. The van der Waals surface area contributed by atoms with Crippen molar-refractivity contribution in [3.63, 3.8) is 0 Å². The summed E-state index contributed by atoms with van der Waals surface area (Å²) in [5.74, 6) is -1.72. The van der Waals surface area contributed by atoms with Crippen LogP contribution >= 0.6 is 7.60 Å². The van der Waals surface area contributed by atoms with Crippen LogP contribution in [0.3, 0.4) is 0 Å². The lowest BCUT2D eigenvalue weighted by Gasteiger charge is -2.15. The van der Waals surface area contributed by atoms with E-state index in [4.69, 9.17) is 5.11 Å². The third-order valence-corrected chi connectivity index (χ3v) is 3.10. The molecule has 0 radical (unpaired) electrons. The van der Waals surface area contributed by atoms with Gasteiger partial charge < -0.3 is 14.2 Å². The van der Waals surface area contributed by atoms with Crippen LogP contribution in [0.25, 0.3) is 0 Å². The maximum absolute atomic E-state index is 11.2. The summed E-state index contributed by atoms with van der Waals surface area (Å²) in [6, 6.07) is 0. The summed E-state index contributed by atoms with van der Waals surface area (Å²) < 4.78 is 19.8. The fourth-order valence-electron chi connectivity index (χ4n) is 0.551. The van der Waals surface area contributed by atoms with Gasteiger partial charge in [0.05, 0.1) is 0 Å². The highest BCUT2D eigenvalue weighted by Gasteiger charge is 2.36. The summed E-state index contributed by atoms with van der Waals surface area (Å²) in [4.78, 5) is 9.11. The molecule has 1 atom stereocenters. The molecule has 1 N–H and O–H groups in total. The average molecular weight is 199 g/mol. The van der Waals surface area contributed by atoms with Crippen molar-refractivity contribution in [1.29, 1.82) is 0 Å². The van der Waals surface area contributed by atoms with Crippen LogP contribution in [0.4, 0.5) is 0 Å². The molecular weight excluding hydrogens is 189 g/mol. The van der Waals surface area contributed by atoms with E-state index >= 15 is 0 Å². The SMILES string of the molecule is COP(=O)(OC)C(O)C[N+](=O)[O-]. The molecule has 0 aliphatic heterocycles. The van der Waals surface area contributed by atoms with Gasteiger partial charge in [-0.05, 0) is 0 Å². The third kappa shape index (κ3) is 2.86. The lowest BCUT2D eigenvalue weighted by molar-refractivity contribution is -0.486. The Kier molecular flexibility index (Phi) is 4.33. The minimum atomic E-state index is -3.71. The standard InChI is InChI=1S/C4H10NO6P/c1-10-12(9,11-2)4(6)3-5(7)8/h4,6H,3H2,1-2H3. The number of hydrogen-bond donors (Lipinski definition) is 1. The Morgan fingerprint density at radius 3 is 2.25 bits per heavy atom. The van der Waals surface area contributed by atoms with Crippen molar-refractivity contribution in [2.45, 2.75) is 5.85 Å². The molecule has 0 aliphatic rings. The fraction of sp³-hybridized carbons (Fsp3) is 1.00. The quantitative estimate of drug-likeness (QED) is 0.382. The second-order valence-corrected chi connectivity index (χ2v) is 4.31. The number of hydrogen-bond acceptors (Lipinski definition) is 6. The molecule has 0 aromatic rings. The normalized spacial score (nSPS) is 14.2. The van der Waals surface area contributed by atoms with Gasteiger partial charge in [0.2, 0.25) is 12.4 Å². The molecule has 0 fully saturated rings. The first-order valence-corrected chi connectivity index (χ1v) is 4.58. The minimum Gasteiger partial charge on any atom is -0.375 e. The number of aliphatic hydroxyl groups is 1. The third-order valence-electron chi connectivity index (χ3n) is 1.19. The van der Waals surface area contributed by atoms with Gasteiger partial charge in [0, 0.05) is 19.1 Å². The molecular formula is C4H10NO6P. The zero-order chi connectivity index (χ0) is 9.78. The van der Waals surface area contributed by atoms with E-state index < -0.39 is 24.9 Å². The van der Waals surface area contributed by atoms with Crippen molar-refractivity contribution in [2.24, 2.45) is 0 Å². The predicted octanol–water partition coefficient (Wildman–Crippen LogP) is 0.0674. The Bertz CT molecular complexity index is 198. The number of nitrogens with zero attached hydrogens (tertiary/aromatic N) is 1. The van der Waals surface area contributed by atoms with Crippen molar-refractivity contribution in [2.75, 3.05) is 20.8 Å². The highest BCUT2D eigenvalue weighted by molar-refractivity contribution is 7.54. The molecule has 12 heavy (non-hydrogen) atoms. The van der Waals surface area contributed by atoms with Gasteiger partial charge in [-0.2, -0.15) is 0 Å². The summed E-state index contributed by atoms with van der Waals surface area (Å²) in [6.45, 7) is -0.862. The molecule has 0 bridgehead atoms. The summed E-state index contributed by atoms with van der Waals surface area (Å²) in [5, 5.41) is 18.9. The molecule has 0 saturated carbocycles. The molecule has 0 saturated heterocycles. The van der Waals surface area contributed by atoms with Gasteiger partial charge in [-0.3, -0.25) is 14.7 Å². The average Bonchev–Trinajstić information content (AvgIpc) is 2.02. The van der Waals surface area contributed by atoms with E-state index in [1.54, 1.807) is 0 Å². The van der Waals surface area contributed by atoms with E-state index in [0.29, 0.717) is 0 Å². The van der Waals surface area contributed by atoms with Gasteiger partial charge in [-0.15, -0.1) is 0 Å². The molecule has 0 rings (SSSR count). The minimum absolute atomic E-state index is 0.796. The first-order valence-electron chi connectivity index (χ1n) is 2.97. The van der Waals surface area contributed by atoms with Crippen LogP contribution in [-0.2, 0) is 13.6 Å². The summed E-state index contributed by atoms with van der Waals surface area (Å²) in [5.41, 5.74) is 0. The van der Waals surface area contributed by atoms with Crippen molar-refractivity contribution in [3.8, 4) is 0 Å². The summed E-state index contributed by atoms with van der Waals surface area (Å²) >= 11 is 0. The Labute approximate surface area is 69.0 Å². The molecule has 0 amide bonds. The van der Waals surface area contributed by atoms with Gasteiger partial charge in [-0.1, -0.05) is 0 Å². The van der Waals surface area contributed by atoms with E-state index in [1.165, 1.54) is 0 Å². The molecule has 8 heteroatoms. The summed E-state index contributed by atoms with van der Waals surface area (Å²) in [6.07, 6.45) is 0. The summed E-state index contributed by atoms with van der Waals surface area (Å²) in [7, 11) is -1.61. The monoisotopic (exact) mass is 199 g/mol. The van der Waals surface area contributed by atoms with E-state index in [-0.39, 0.29) is 0 Å². The smallest absolute Gasteiger partial charge is 0.365 e. The molecule has 0 aliphatic carbocycles. The first-order chi connectivity index (χ1) is 5.46. The number of rotatable bonds is 5. The van der Waals surface area contributed by atoms with Crippen LogP contribution in [0.2, 0.25) is 0 Å². The molecule has 0 aromatic heterocycles. The van der Waals surface area contributed by atoms with Crippen LogP contribution in [0.5, 0.6) is 0 Å². The molecule has 1 unspecified atom stereocenters. The highest BCUT2D eigenvalue weighted by Crippen LogP contribution is 2.50. The zero-order valence-corrected chi connectivity index (χ0v) is 7.56. The Morgan fingerprint density at radius 1 is 1.58 bits per heavy atom. The van der Waals surface area contributed by atoms with Crippen molar-refractivity contribution < 1.29 is 23.6 Å². The molecule has 0 spiro atoms. The number of aliphatic hydroxyl groups excluding tert-OH is 1.